The van der Waals surface area contributed by atoms with Crippen LogP contribution in [0.2, 0.25) is 0 Å². The van der Waals surface area contributed by atoms with Crippen molar-refractivity contribution in [3.05, 3.63) is 29.7 Å². The smallest absolute Gasteiger partial charge is 0.309 e. The highest BCUT2D eigenvalue weighted by atomic mass is 16.6. The lowest BCUT2D eigenvalue weighted by Crippen LogP contribution is -2.45. The van der Waals surface area contributed by atoms with E-state index in [2.05, 4.69) is 11.9 Å². The second-order valence-corrected chi connectivity index (χ2v) is 12.7. The molecule has 2 fully saturated rings. The SMILES string of the molecule is CC1CCC[C@@]2(C)O[C@H]2C[C@@H](c2ccc3oc(CN(C)C)nc3c2)OC(=O)CC(O)C(C)(C)C(=O)C(C)[C@H]1O. The van der Waals surface area contributed by atoms with Crippen LogP contribution in [0.5, 0.6) is 0 Å². The number of hydrogen-bond donors (Lipinski definition) is 2. The summed E-state index contributed by atoms with van der Waals surface area (Å²) in [4.78, 5) is 33.0. The van der Waals surface area contributed by atoms with Gasteiger partial charge < -0.3 is 29.0 Å². The molecule has 7 atom stereocenters. The van der Waals surface area contributed by atoms with E-state index in [0.29, 0.717) is 30.0 Å². The summed E-state index contributed by atoms with van der Waals surface area (Å²) >= 11 is 0. The van der Waals surface area contributed by atoms with E-state index in [9.17, 15) is 19.8 Å². The van der Waals surface area contributed by atoms with Crippen molar-refractivity contribution in [3.63, 3.8) is 0 Å². The summed E-state index contributed by atoms with van der Waals surface area (Å²) in [5.41, 5.74) is 0.539. The van der Waals surface area contributed by atoms with Crippen LogP contribution in [0, 0.1) is 17.3 Å². The van der Waals surface area contributed by atoms with Crippen molar-refractivity contribution in [2.45, 2.75) is 103 Å². The quantitative estimate of drug-likeness (QED) is 0.432. The molecule has 0 aliphatic carbocycles. The minimum Gasteiger partial charge on any atom is -0.457 e. The van der Waals surface area contributed by atoms with Crippen LogP contribution >= 0.6 is 0 Å². The summed E-state index contributed by atoms with van der Waals surface area (Å²) in [5.74, 6) is -1.03. The van der Waals surface area contributed by atoms with Gasteiger partial charge in [-0.1, -0.05) is 40.2 Å². The van der Waals surface area contributed by atoms with Gasteiger partial charge in [-0.3, -0.25) is 9.59 Å². The Morgan fingerprint density at radius 1 is 1.13 bits per heavy atom. The van der Waals surface area contributed by atoms with Crippen LogP contribution in [0.25, 0.3) is 11.1 Å². The molecule has 216 valence electrons. The van der Waals surface area contributed by atoms with Gasteiger partial charge in [-0.05, 0) is 57.5 Å². The van der Waals surface area contributed by atoms with Crippen LogP contribution in [-0.2, 0) is 25.6 Å². The molecule has 2 saturated heterocycles. The molecule has 0 amide bonds. The molecule has 9 nitrogen and oxygen atoms in total. The number of benzene rings is 1. The van der Waals surface area contributed by atoms with Crippen LogP contribution in [0.3, 0.4) is 0 Å². The normalized spacial score (nSPS) is 34.6. The van der Waals surface area contributed by atoms with Crippen LogP contribution in [0.1, 0.15) is 84.3 Å². The third-order valence-electron chi connectivity index (χ3n) is 8.69. The number of Topliss-reactive ketones (excluding diaryl/α,β-unsaturated/α-hetero) is 1. The maximum atomic E-state index is 13.3. The molecule has 1 aromatic carbocycles. The average Bonchev–Trinajstić information content (AvgIpc) is 3.31. The van der Waals surface area contributed by atoms with Gasteiger partial charge in [-0.25, -0.2) is 4.98 Å². The maximum absolute atomic E-state index is 13.3. The van der Waals surface area contributed by atoms with Gasteiger partial charge in [0.2, 0.25) is 5.89 Å². The molecule has 3 unspecified atom stereocenters. The molecule has 9 heteroatoms. The van der Waals surface area contributed by atoms with E-state index < -0.39 is 35.6 Å². The number of ketones is 1. The number of esters is 1. The first kappa shape index (κ1) is 29.6. The monoisotopic (exact) mass is 544 g/mol. The zero-order valence-corrected chi connectivity index (χ0v) is 24.3. The van der Waals surface area contributed by atoms with Crippen LogP contribution in [0.4, 0.5) is 0 Å². The Kier molecular flexibility index (Phi) is 8.57. The Labute approximate surface area is 230 Å². The number of carbonyl (C=O) groups excluding carboxylic acids is 2. The number of cyclic esters (lactones) is 1. The molecule has 0 radical (unpaired) electrons. The number of nitrogens with zero attached hydrogens (tertiary/aromatic N) is 2. The molecular formula is C30H44N2O7. The van der Waals surface area contributed by atoms with Gasteiger partial charge in [0.15, 0.2) is 5.58 Å². The standard InChI is InChI=1S/C30H44N2O7/c1-17-9-8-12-30(5)24(39-30)14-22(19-10-11-21-20(13-19)31-25(37-21)16-32(6)7)38-26(34)15-23(33)29(3,4)28(36)18(2)27(17)35/h10-11,13,17-18,22-24,27,33,35H,8-9,12,14-16H2,1-7H3/t17?,18?,22-,23?,24-,27-,30+/m0/s1. The zero-order chi connectivity index (χ0) is 28.7. The van der Waals surface area contributed by atoms with E-state index >= 15 is 0 Å². The molecule has 2 N–H and O–H groups in total. The van der Waals surface area contributed by atoms with Crippen LogP contribution in [-0.4, -0.2) is 69.9 Å². The number of aliphatic hydroxyl groups excluding tert-OH is 2. The molecule has 39 heavy (non-hydrogen) atoms. The van der Waals surface area contributed by atoms with E-state index in [1.807, 2.05) is 44.1 Å². The van der Waals surface area contributed by atoms with Gasteiger partial charge in [0.1, 0.15) is 17.4 Å². The molecule has 2 aliphatic heterocycles. The number of aromatic nitrogens is 1. The Bertz CT molecular complexity index is 1190. The predicted octanol–water partition coefficient (Wildman–Crippen LogP) is 4.18. The molecule has 3 heterocycles. The number of ether oxygens (including phenoxy) is 2. The summed E-state index contributed by atoms with van der Waals surface area (Å²) in [6.45, 7) is 9.52. The average molecular weight is 545 g/mol. The minimum atomic E-state index is -1.26. The summed E-state index contributed by atoms with van der Waals surface area (Å²) < 4.78 is 17.9. The number of carbonyl (C=O) groups is 2. The van der Waals surface area contributed by atoms with Crippen molar-refractivity contribution in [2.24, 2.45) is 17.3 Å². The van der Waals surface area contributed by atoms with Gasteiger partial charge in [0.25, 0.3) is 0 Å². The highest BCUT2D eigenvalue weighted by Crippen LogP contribution is 2.46. The molecule has 0 saturated carbocycles. The topological polar surface area (TPSA) is 126 Å². The third-order valence-corrected chi connectivity index (χ3v) is 8.69. The van der Waals surface area contributed by atoms with Gasteiger partial charge >= 0.3 is 5.97 Å². The second kappa shape index (κ2) is 11.3. The number of rotatable bonds is 3. The first-order valence-electron chi connectivity index (χ1n) is 14.0. The van der Waals surface area contributed by atoms with Crippen LogP contribution in [0.15, 0.2) is 22.6 Å². The summed E-state index contributed by atoms with van der Waals surface area (Å²) in [5, 5.41) is 21.9. The van der Waals surface area contributed by atoms with Crippen molar-refractivity contribution in [1.82, 2.24) is 9.88 Å². The molecule has 0 bridgehead atoms. The first-order chi connectivity index (χ1) is 18.2. The summed E-state index contributed by atoms with van der Waals surface area (Å²) in [6.07, 6.45) is -0.278. The van der Waals surface area contributed by atoms with Gasteiger partial charge in [-0.15, -0.1) is 0 Å². The lowest BCUT2D eigenvalue weighted by Gasteiger charge is -2.34. The fourth-order valence-corrected chi connectivity index (χ4v) is 5.75. The van der Waals surface area contributed by atoms with Gasteiger partial charge in [0, 0.05) is 12.3 Å². The lowest BCUT2D eigenvalue weighted by molar-refractivity contribution is -0.156. The fourth-order valence-electron chi connectivity index (χ4n) is 5.75. The van der Waals surface area contributed by atoms with E-state index in [1.165, 1.54) is 0 Å². The Morgan fingerprint density at radius 3 is 2.54 bits per heavy atom. The summed E-state index contributed by atoms with van der Waals surface area (Å²) in [6, 6.07) is 5.58. The highest BCUT2D eigenvalue weighted by molar-refractivity contribution is 5.88. The molecular weight excluding hydrogens is 500 g/mol. The number of hydrogen-bond acceptors (Lipinski definition) is 9. The Morgan fingerprint density at radius 2 is 1.85 bits per heavy atom. The lowest BCUT2D eigenvalue weighted by atomic mass is 9.73. The Hall–Kier alpha value is -2.33. The minimum absolute atomic E-state index is 0.0881. The zero-order valence-electron chi connectivity index (χ0n) is 24.3. The molecule has 0 spiro atoms. The number of oxazole rings is 1. The molecule has 2 aliphatic rings. The van der Waals surface area contributed by atoms with Crippen LogP contribution < -0.4 is 0 Å². The van der Waals surface area contributed by atoms with Crippen molar-refractivity contribution in [2.75, 3.05) is 14.1 Å². The fraction of sp³-hybridized carbons (Fsp3) is 0.700. The number of fused-ring (bicyclic) bond motifs is 2. The van der Waals surface area contributed by atoms with E-state index in [1.54, 1.807) is 20.8 Å². The van der Waals surface area contributed by atoms with Crippen molar-refractivity contribution in [3.8, 4) is 0 Å². The predicted molar refractivity (Wildman–Crippen MR) is 146 cm³/mol. The number of aliphatic hydroxyl groups is 2. The first-order valence-corrected chi connectivity index (χ1v) is 14.0. The molecule has 2 aromatic rings. The van der Waals surface area contributed by atoms with Gasteiger partial charge in [-0.2, -0.15) is 0 Å². The summed E-state index contributed by atoms with van der Waals surface area (Å²) in [7, 11) is 3.88. The van der Waals surface area contributed by atoms with Crippen molar-refractivity contribution in [1.29, 1.82) is 0 Å². The van der Waals surface area contributed by atoms with Crippen molar-refractivity contribution >= 4 is 22.9 Å². The van der Waals surface area contributed by atoms with E-state index in [-0.39, 0.29) is 29.8 Å². The number of epoxide rings is 1. The van der Waals surface area contributed by atoms with Gasteiger partial charge in [0.05, 0.1) is 42.3 Å². The van der Waals surface area contributed by atoms with Crippen molar-refractivity contribution < 1.29 is 33.7 Å². The Balaban J connectivity index is 1.61. The highest BCUT2D eigenvalue weighted by Gasteiger charge is 2.53. The second-order valence-electron chi connectivity index (χ2n) is 12.7. The maximum Gasteiger partial charge on any atom is 0.309 e. The van der Waals surface area contributed by atoms with E-state index in [0.717, 1.165) is 24.8 Å². The largest absolute Gasteiger partial charge is 0.457 e. The third kappa shape index (κ3) is 6.53. The van der Waals surface area contributed by atoms with E-state index in [4.69, 9.17) is 13.9 Å². The molecule has 1 aromatic heterocycles. The molecule has 4 rings (SSSR count).